The second kappa shape index (κ2) is 6.45. The van der Waals surface area contributed by atoms with Gasteiger partial charge in [-0.05, 0) is 6.07 Å². The Morgan fingerprint density at radius 1 is 1.50 bits per heavy atom. The van der Waals surface area contributed by atoms with E-state index in [0.29, 0.717) is 0 Å². The highest BCUT2D eigenvalue weighted by Gasteiger charge is 2.16. The van der Waals surface area contributed by atoms with Crippen LogP contribution in [0.2, 0.25) is 0 Å². The molecule has 0 aliphatic carbocycles. The van der Waals surface area contributed by atoms with Crippen molar-refractivity contribution >= 4 is 17.6 Å². The number of likely N-dealkylation sites (N-methyl/N-ethyl adjacent to an activating group) is 1. The maximum Gasteiger partial charge on any atom is 0.323 e. The average Bonchev–Trinajstić information content (AvgIpc) is 2.34. The Morgan fingerprint density at radius 3 is 2.65 bits per heavy atom. The molecule has 108 valence electrons. The Hall–Kier alpha value is -2.71. The van der Waals surface area contributed by atoms with Gasteiger partial charge in [-0.15, -0.1) is 0 Å². The monoisotopic (exact) mass is 286 g/mol. The molecule has 0 radical (unpaired) electrons. The minimum atomic E-state index is -1.18. The molecule has 0 aliphatic rings. The van der Waals surface area contributed by atoms with Gasteiger partial charge in [0.2, 0.25) is 5.82 Å². The van der Waals surface area contributed by atoms with Gasteiger partial charge in [-0.2, -0.15) is 4.39 Å². The summed E-state index contributed by atoms with van der Waals surface area (Å²) in [4.78, 5) is 32.3. The van der Waals surface area contributed by atoms with Gasteiger partial charge in [-0.25, -0.2) is 0 Å². The number of hydrogen-bond donors (Lipinski definition) is 1. The molecule has 8 nitrogen and oxygen atoms in total. The van der Waals surface area contributed by atoms with Crippen molar-refractivity contribution < 1.29 is 28.7 Å². The fraction of sp³-hybridized carbons (Fsp3) is 0.273. The normalized spacial score (nSPS) is 9.90. The molecule has 1 aromatic carbocycles. The molecular formula is C11H11FN2O6. The van der Waals surface area contributed by atoms with Crippen LogP contribution >= 0.6 is 0 Å². The third kappa shape index (κ3) is 4.19. The Bertz CT molecular complexity index is 548. The second-order valence-corrected chi connectivity index (χ2v) is 3.80. The predicted octanol–water partition coefficient (Wildman–Crippen LogP) is 0.656. The summed E-state index contributed by atoms with van der Waals surface area (Å²) in [5.74, 6) is -2.95. The Labute approximate surface area is 112 Å². The van der Waals surface area contributed by atoms with Gasteiger partial charge in [0.05, 0.1) is 4.92 Å². The summed E-state index contributed by atoms with van der Waals surface area (Å²) < 4.78 is 18.2. The van der Waals surface area contributed by atoms with Crippen LogP contribution in [0.1, 0.15) is 0 Å². The molecule has 0 atom stereocenters. The third-order valence-electron chi connectivity index (χ3n) is 2.28. The van der Waals surface area contributed by atoms with Crippen molar-refractivity contribution in [2.45, 2.75) is 0 Å². The zero-order chi connectivity index (χ0) is 15.3. The Kier molecular flexibility index (Phi) is 4.95. The molecule has 1 aromatic rings. The maximum absolute atomic E-state index is 13.3. The van der Waals surface area contributed by atoms with Gasteiger partial charge in [0.15, 0.2) is 6.61 Å². The number of ether oxygens (including phenoxy) is 1. The van der Waals surface area contributed by atoms with Crippen molar-refractivity contribution in [3.63, 3.8) is 0 Å². The summed E-state index contributed by atoms with van der Waals surface area (Å²) in [5, 5.41) is 18.9. The van der Waals surface area contributed by atoms with E-state index < -0.39 is 41.5 Å². The lowest BCUT2D eigenvalue weighted by Crippen LogP contribution is -2.35. The summed E-state index contributed by atoms with van der Waals surface area (Å²) in [6.45, 7) is -0.988. The van der Waals surface area contributed by atoms with Crippen molar-refractivity contribution in [2.75, 3.05) is 20.2 Å². The van der Waals surface area contributed by atoms with E-state index in [1.807, 2.05) is 0 Å². The van der Waals surface area contributed by atoms with E-state index in [1.165, 1.54) is 7.05 Å². The van der Waals surface area contributed by atoms with Crippen molar-refractivity contribution in [2.24, 2.45) is 0 Å². The number of nitro benzene ring substituents is 1. The highest BCUT2D eigenvalue weighted by Crippen LogP contribution is 2.22. The number of halogens is 1. The largest absolute Gasteiger partial charge is 0.484 e. The molecule has 0 unspecified atom stereocenters. The fourth-order valence-electron chi connectivity index (χ4n) is 1.27. The van der Waals surface area contributed by atoms with Crippen LogP contribution in [0, 0.1) is 15.9 Å². The van der Waals surface area contributed by atoms with E-state index in [1.54, 1.807) is 0 Å². The van der Waals surface area contributed by atoms with Gasteiger partial charge in [-0.1, -0.05) is 0 Å². The molecule has 0 fully saturated rings. The van der Waals surface area contributed by atoms with Gasteiger partial charge in [0, 0.05) is 19.2 Å². The van der Waals surface area contributed by atoms with Crippen molar-refractivity contribution in [3.8, 4) is 5.75 Å². The molecule has 0 bridgehead atoms. The highest BCUT2D eigenvalue weighted by molar-refractivity contribution is 5.82. The maximum atomic E-state index is 13.3. The summed E-state index contributed by atoms with van der Waals surface area (Å²) in [5.41, 5.74) is -0.702. The minimum Gasteiger partial charge on any atom is -0.484 e. The van der Waals surface area contributed by atoms with E-state index in [0.717, 1.165) is 23.1 Å². The SMILES string of the molecule is CN(CC(=O)O)C(=O)COc1ccc([N+](=O)[O-])c(F)c1. The van der Waals surface area contributed by atoms with E-state index in [9.17, 15) is 24.1 Å². The molecule has 0 saturated heterocycles. The zero-order valence-corrected chi connectivity index (χ0v) is 10.4. The number of carbonyl (C=O) groups is 2. The molecule has 1 rings (SSSR count). The highest BCUT2D eigenvalue weighted by atomic mass is 19.1. The van der Waals surface area contributed by atoms with Crippen LogP contribution < -0.4 is 4.74 Å². The van der Waals surface area contributed by atoms with Gasteiger partial charge in [0.25, 0.3) is 5.91 Å². The molecule has 0 aliphatic heterocycles. The standard InChI is InChI=1S/C11H11FN2O6/c1-13(5-11(16)17)10(15)6-20-7-2-3-9(14(18)19)8(12)4-7/h2-4H,5-6H2,1H3,(H,16,17). The van der Waals surface area contributed by atoms with E-state index in [-0.39, 0.29) is 5.75 Å². The predicted molar refractivity (Wildman–Crippen MR) is 63.8 cm³/mol. The number of nitrogens with zero attached hydrogens (tertiary/aromatic N) is 2. The lowest BCUT2D eigenvalue weighted by molar-refractivity contribution is -0.387. The number of nitro groups is 1. The smallest absolute Gasteiger partial charge is 0.323 e. The zero-order valence-electron chi connectivity index (χ0n) is 10.4. The second-order valence-electron chi connectivity index (χ2n) is 3.80. The number of rotatable bonds is 6. The van der Waals surface area contributed by atoms with Gasteiger partial charge in [0.1, 0.15) is 12.3 Å². The van der Waals surface area contributed by atoms with E-state index in [4.69, 9.17) is 9.84 Å². The van der Waals surface area contributed by atoms with Crippen molar-refractivity contribution in [1.82, 2.24) is 4.90 Å². The summed E-state index contributed by atoms with van der Waals surface area (Å²) >= 11 is 0. The molecule has 1 N–H and O–H groups in total. The lowest BCUT2D eigenvalue weighted by Gasteiger charge is -2.14. The summed E-state index contributed by atoms with van der Waals surface area (Å²) in [6, 6.07) is 2.84. The number of carboxylic acid groups (broad SMARTS) is 1. The fourth-order valence-corrected chi connectivity index (χ4v) is 1.27. The first-order chi connectivity index (χ1) is 9.31. The van der Waals surface area contributed by atoms with Crippen molar-refractivity contribution in [3.05, 3.63) is 34.1 Å². The molecule has 0 spiro atoms. The van der Waals surface area contributed by atoms with Crippen molar-refractivity contribution in [1.29, 1.82) is 0 Å². The van der Waals surface area contributed by atoms with Crippen LogP contribution in [0.5, 0.6) is 5.75 Å². The minimum absolute atomic E-state index is 0.0647. The molecule has 9 heteroatoms. The molecule has 0 aromatic heterocycles. The number of benzene rings is 1. The third-order valence-corrected chi connectivity index (χ3v) is 2.28. The van der Waals surface area contributed by atoms with Crippen LogP contribution in [0.4, 0.5) is 10.1 Å². The van der Waals surface area contributed by atoms with Gasteiger partial charge >= 0.3 is 11.7 Å². The van der Waals surface area contributed by atoms with Gasteiger partial charge in [-0.3, -0.25) is 19.7 Å². The molecule has 0 heterocycles. The molecule has 1 amide bonds. The summed E-state index contributed by atoms with van der Waals surface area (Å²) in [6.07, 6.45) is 0. The topological polar surface area (TPSA) is 110 Å². The molecule has 0 saturated carbocycles. The lowest BCUT2D eigenvalue weighted by atomic mass is 10.3. The first-order valence-corrected chi connectivity index (χ1v) is 5.33. The first-order valence-electron chi connectivity index (χ1n) is 5.33. The molecular weight excluding hydrogens is 275 g/mol. The van der Waals surface area contributed by atoms with Crippen LogP contribution in [-0.4, -0.2) is 47.0 Å². The number of carbonyl (C=O) groups excluding carboxylic acids is 1. The van der Waals surface area contributed by atoms with Crippen LogP contribution in [0.15, 0.2) is 18.2 Å². The first kappa shape index (κ1) is 15.3. The van der Waals surface area contributed by atoms with E-state index >= 15 is 0 Å². The van der Waals surface area contributed by atoms with E-state index in [2.05, 4.69) is 0 Å². The van der Waals surface area contributed by atoms with Crippen LogP contribution in [-0.2, 0) is 9.59 Å². The average molecular weight is 286 g/mol. The number of hydrogen-bond acceptors (Lipinski definition) is 5. The Balaban J connectivity index is 2.62. The van der Waals surface area contributed by atoms with Gasteiger partial charge < -0.3 is 14.7 Å². The number of carboxylic acids is 1. The number of aliphatic carboxylic acids is 1. The molecule has 20 heavy (non-hydrogen) atoms. The Morgan fingerprint density at radius 2 is 2.15 bits per heavy atom. The quantitative estimate of drug-likeness (QED) is 0.607. The summed E-state index contributed by atoms with van der Waals surface area (Å²) in [7, 11) is 1.27. The van der Waals surface area contributed by atoms with Crippen LogP contribution in [0.25, 0.3) is 0 Å². The number of amides is 1. The van der Waals surface area contributed by atoms with Crippen LogP contribution in [0.3, 0.4) is 0 Å².